The average molecular weight is 257 g/mol. The second kappa shape index (κ2) is 7.44. The second-order valence-electron chi connectivity index (χ2n) is 4.52. The molecule has 4 heteroatoms. The molecule has 0 bridgehead atoms. The Balaban J connectivity index is 2.54. The molecule has 0 heterocycles. The standard InChI is InChI=1S/C14H21F2NO/c1-10-6-11(2)8-12(7-10)13(17-3)4-5-18-9-14(15)16/h6-8,13-14,17H,4-5,9H2,1-3H3. The molecule has 1 unspecified atom stereocenters. The lowest BCUT2D eigenvalue weighted by molar-refractivity contribution is 0.0145. The van der Waals surface area contributed by atoms with Crippen molar-refractivity contribution >= 4 is 0 Å². The Hall–Kier alpha value is -1.00. The number of hydrogen-bond donors (Lipinski definition) is 1. The molecular formula is C14H21F2NO. The summed E-state index contributed by atoms with van der Waals surface area (Å²) in [6.07, 6.45) is -1.70. The summed E-state index contributed by atoms with van der Waals surface area (Å²) >= 11 is 0. The van der Waals surface area contributed by atoms with Crippen LogP contribution in [0.3, 0.4) is 0 Å². The predicted molar refractivity (Wildman–Crippen MR) is 69.2 cm³/mol. The van der Waals surface area contributed by atoms with Gasteiger partial charge in [-0.25, -0.2) is 8.78 Å². The zero-order valence-corrected chi connectivity index (χ0v) is 11.2. The van der Waals surface area contributed by atoms with Crippen LogP contribution in [0.2, 0.25) is 0 Å². The van der Waals surface area contributed by atoms with Gasteiger partial charge in [-0.1, -0.05) is 29.3 Å². The molecule has 0 aliphatic carbocycles. The fourth-order valence-electron chi connectivity index (χ4n) is 2.06. The smallest absolute Gasteiger partial charge is 0.261 e. The third kappa shape index (κ3) is 5.10. The van der Waals surface area contributed by atoms with Gasteiger partial charge in [0.15, 0.2) is 0 Å². The van der Waals surface area contributed by atoms with E-state index in [1.54, 1.807) is 0 Å². The molecule has 102 valence electrons. The first-order valence-electron chi connectivity index (χ1n) is 6.14. The molecule has 18 heavy (non-hydrogen) atoms. The molecule has 0 aliphatic rings. The summed E-state index contributed by atoms with van der Waals surface area (Å²) in [5, 5.41) is 3.19. The minimum absolute atomic E-state index is 0.140. The Labute approximate surface area is 107 Å². The molecule has 0 saturated heterocycles. The molecule has 0 radical (unpaired) electrons. The number of alkyl halides is 2. The molecule has 1 N–H and O–H groups in total. The lowest BCUT2D eigenvalue weighted by Crippen LogP contribution is -2.19. The summed E-state index contributed by atoms with van der Waals surface area (Å²) in [4.78, 5) is 0. The molecule has 0 saturated carbocycles. The van der Waals surface area contributed by atoms with Gasteiger partial charge in [0.2, 0.25) is 0 Å². The van der Waals surface area contributed by atoms with Gasteiger partial charge in [0.05, 0.1) is 0 Å². The Bertz CT molecular complexity index is 349. The average Bonchev–Trinajstić information content (AvgIpc) is 2.27. The van der Waals surface area contributed by atoms with Crippen molar-refractivity contribution in [2.24, 2.45) is 0 Å². The van der Waals surface area contributed by atoms with Crippen molar-refractivity contribution in [3.63, 3.8) is 0 Å². The van der Waals surface area contributed by atoms with Crippen LogP contribution in [0.4, 0.5) is 8.78 Å². The fraction of sp³-hybridized carbons (Fsp3) is 0.571. The first kappa shape index (κ1) is 15.1. The van der Waals surface area contributed by atoms with E-state index in [1.807, 2.05) is 7.05 Å². The highest BCUT2D eigenvalue weighted by Crippen LogP contribution is 2.19. The third-order valence-electron chi connectivity index (χ3n) is 2.79. The molecule has 1 rings (SSSR count). The number of benzene rings is 1. The number of hydrogen-bond acceptors (Lipinski definition) is 2. The number of halogens is 2. The van der Waals surface area contributed by atoms with Crippen LogP contribution in [-0.4, -0.2) is 26.7 Å². The number of aryl methyl sites for hydroxylation is 2. The zero-order chi connectivity index (χ0) is 13.5. The summed E-state index contributed by atoms with van der Waals surface area (Å²) in [7, 11) is 1.87. The molecule has 0 fully saturated rings. The first-order valence-corrected chi connectivity index (χ1v) is 6.14. The van der Waals surface area contributed by atoms with Crippen molar-refractivity contribution in [3.05, 3.63) is 34.9 Å². The van der Waals surface area contributed by atoms with Crippen molar-refractivity contribution in [3.8, 4) is 0 Å². The largest absolute Gasteiger partial charge is 0.375 e. The van der Waals surface area contributed by atoms with Gasteiger partial charge in [0, 0.05) is 12.6 Å². The molecule has 1 aromatic rings. The first-order chi connectivity index (χ1) is 8.52. The fourth-order valence-corrected chi connectivity index (χ4v) is 2.06. The summed E-state index contributed by atoms with van der Waals surface area (Å²) < 4.78 is 28.8. The Morgan fingerprint density at radius 2 is 1.78 bits per heavy atom. The van der Waals surface area contributed by atoms with Crippen molar-refractivity contribution in [2.45, 2.75) is 32.7 Å². The van der Waals surface area contributed by atoms with Crippen LogP contribution in [-0.2, 0) is 4.74 Å². The minimum Gasteiger partial charge on any atom is -0.375 e. The zero-order valence-electron chi connectivity index (χ0n) is 11.2. The van der Waals surface area contributed by atoms with Crippen molar-refractivity contribution in [2.75, 3.05) is 20.3 Å². The monoisotopic (exact) mass is 257 g/mol. The topological polar surface area (TPSA) is 21.3 Å². The van der Waals surface area contributed by atoms with Crippen molar-refractivity contribution in [1.82, 2.24) is 5.32 Å². The van der Waals surface area contributed by atoms with E-state index in [0.29, 0.717) is 13.0 Å². The van der Waals surface area contributed by atoms with Gasteiger partial charge in [0.25, 0.3) is 6.43 Å². The highest BCUT2D eigenvalue weighted by molar-refractivity contribution is 5.30. The Morgan fingerprint density at radius 1 is 1.17 bits per heavy atom. The minimum atomic E-state index is -2.39. The molecule has 0 aliphatic heterocycles. The van der Waals surface area contributed by atoms with Crippen LogP contribution in [0.25, 0.3) is 0 Å². The summed E-state index contributed by atoms with van der Waals surface area (Å²) in [6.45, 7) is 3.96. The third-order valence-corrected chi connectivity index (χ3v) is 2.79. The molecular weight excluding hydrogens is 236 g/mol. The maximum Gasteiger partial charge on any atom is 0.261 e. The van der Waals surface area contributed by atoms with Crippen LogP contribution in [0.1, 0.15) is 29.2 Å². The number of nitrogens with one attached hydrogen (secondary N) is 1. The van der Waals surface area contributed by atoms with Crippen LogP contribution >= 0.6 is 0 Å². The van der Waals surface area contributed by atoms with E-state index in [4.69, 9.17) is 4.74 Å². The SMILES string of the molecule is CNC(CCOCC(F)F)c1cc(C)cc(C)c1. The van der Waals surface area contributed by atoms with Gasteiger partial charge in [-0.15, -0.1) is 0 Å². The van der Waals surface area contributed by atoms with Crippen LogP contribution in [0.15, 0.2) is 18.2 Å². The van der Waals surface area contributed by atoms with E-state index >= 15 is 0 Å². The van der Waals surface area contributed by atoms with Gasteiger partial charge in [-0.05, 0) is 32.9 Å². The molecule has 1 atom stereocenters. The summed E-state index contributed by atoms with van der Waals surface area (Å²) in [5.74, 6) is 0. The quantitative estimate of drug-likeness (QED) is 0.757. The molecule has 0 spiro atoms. The van der Waals surface area contributed by atoms with Gasteiger partial charge < -0.3 is 10.1 Å². The van der Waals surface area contributed by atoms with E-state index < -0.39 is 13.0 Å². The van der Waals surface area contributed by atoms with Gasteiger partial charge in [-0.2, -0.15) is 0 Å². The van der Waals surface area contributed by atoms with E-state index in [9.17, 15) is 8.78 Å². The van der Waals surface area contributed by atoms with Crippen LogP contribution in [0.5, 0.6) is 0 Å². The van der Waals surface area contributed by atoms with Crippen LogP contribution in [0, 0.1) is 13.8 Å². The van der Waals surface area contributed by atoms with Crippen molar-refractivity contribution < 1.29 is 13.5 Å². The van der Waals surface area contributed by atoms with E-state index in [0.717, 1.165) is 0 Å². The Kier molecular flexibility index (Phi) is 6.22. The van der Waals surface area contributed by atoms with Crippen molar-refractivity contribution in [1.29, 1.82) is 0 Å². The number of ether oxygens (including phenoxy) is 1. The maximum absolute atomic E-state index is 11.9. The second-order valence-corrected chi connectivity index (χ2v) is 4.52. The number of rotatable bonds is 7. The molecule has 2 nitrogen and oxygen atoms in total. The van der Waals surface area contributed by atoms with E-state index in [1.165, 1.54) is 16.7 Å². The predicted octanol–water partition coefficient (Wildman–Crippen LogP) is 3.24. The van der Waals surface area contributed by atoms with Gasteiger partial charge in [-0.3, -0.25) is 0 Å². The normalized spacial score (nSPS) is 13.0. The maximum atomic E-state index is 11.9. The summed E-state index contributed by atoms with van der Waals surface area (Å²) in [5.41, 5.74) is 3.59. The van der Waals surface area contributed by atoms with Gasteiger partial charge in [0.1, 0.15) is 6.61 Å². The van der Waals surface area contributed by atoms with E-state index in [-0.39, 0.29) is 6.04 Å². The molecule has 0 aromatic heterocycles. The van der Waals surface area contributed by atoms with Gasteiger partial charge >= 0.3 is 0 Å². The lowest BCUT2D eigenvalue weighted by atomic mass is 9.99. The molecule has 0 amide bonds. The van der Waals surface area contributed by atoms with Crippen LogP contribution < -0.4 is 5.32 Å². The lowest BCUT2D eigenvalue weighted by Gasteiger charge is -2.18. The highest BCUT2D eigenvalue weighted by Gasteiger charge is 2.10. The highest BCUT2D eigenvalue weighted by atomic mass is 19.3. The molecule has 1 aromatic carbocycles. The summed E-state index contributed by atoms with van der Waals surface area (Å²) in [6, 6.07) is 6.48. The Morgan fingerprint density at radius 3 is 2.28 bits per heavy atom. The van der Waals surface area contributed by atoms with E-state index in [2.05, 4.69) is 37.4 Å².